The number of aromatic nitrogens is 1. The smallest absolute Gasteiger partial charge is 0.0844 e. The van der Waals surface area contributed by atoms with Gasteiger partial charge in [0.25, 0.3) is 0 Å². The van der Waals surface area contributed by atoms with Gasteiger partial charge in [0.2, 0.25) is 0 Å². The van der Waals surface area contributed by atoms with E-state index in [1.807, 2.05) is 12.1 Å². The molecule has 1 saturated heterocycles. The molecule has 0 bridgehead atoms. The van der Waals surface area contributed by atoms with E-state index in [2.05, 4.69) is 32.7 Å². The average Bonchev–Trinajstić information content (AvgIpc) is 3.09. The van der Waals surface area contributed by atoms with Crippen LogP contribution in [0.3, 0.4) is 0 Å². The lowest BCUT2D eigenvalue weighted by Gasteiger charge is -2.23. The zero-order chi connectivity index (χ0) is 12.8. The lowest BCUT2D eigenvalue weighted by molar-refractivity contribution is 0.0477. The fourth-order valence-corrected chi connectivity index (χ4v) is 3.33. The van der Waals surface area contributed by atoms with Gasteiger partial charge in [-0.05, 0) is 54.2 Å². The molecular formula is C14H19BrN2O. The first-order valence-electron chi connectivity index (χ1n) is 6.64. The van der Waals surface area contributed by atoms with Gasteiger partial charge in [-0.25, -0.2) is 0 Å². The Hall–Kier alpha value is -0.450. The van der Waals surface area contributed by atoms with Gasteiger partial charge in [-0.3, -0.25) is 9.88 Å². The van der Waals surface area contributed by atoms with Crippen molar-refractivity contribution in [2.45, 2.75) is 50.3 Å². The van der Waals surface area contributed by atoms with E-state index in [4.69, 9.17) is 0 Å². The van der Waals surface area contributed by atoms with Gasteiger partial charge < -0.3 is 5.11 Å². The molecule has 4 heteroatoms. The summed E-state index contributed by atoms with van der Waals surface area (Å²) in [5, 5.41) is 10.7. The SMILES string of the molecule is CC1CC(O)(Cc2ccc(Br)cn2)CN1C1CC1. The van der Waals surface area contributed by atoms with E-state index >= 15 is 0 Å². The molecule has 0 amide bonds. The maximum atomic E-state index is 10.7. The Morgan fingerprint density at radius 3 is 2.89 bits per heavy atom. The van der Waals surface area contributed by atoms with Crippen molar-refractivity contribution in [2.75, 3.05) is 6.54 Å². The van der Waals surface area contributed by atoms with E-state index in [1.54, 1.807) is 6.20 Å². The Labute approximate surface area is 116 Å². The molecule has 18 heavy (non-hydrogen) atoms. The molecule has 0 spiro atoms. The number of likely N-dealkylation sites (tertiary alicyclic amines) is 1. The van der Waals surface area contributed by atoms with Crippen LogP contribution < -0.4 is 0 Å². The minimum Gasteiger partial charge on any atom is -0.388 e. The van der Waals surface area contributed by atoms with Gasteiger partial charge in [-0.1, -0.05) is 0 Å². The van der Waals surface area contributed by atoms with E-state index in [9.17, 15) is 5.11 Å². The van der Waals surface area contributed by atoms with Gasteiger partial charge in [-0.15, -0.1) is 0 Å². The fraction of sp³-hybridized carbons (Fsp3) is 0.643. The van der Waals surface area contributed by atoms with Gasteiger partial charge in [0.15, 0.2) is 0 Å². The molecule has 2 aliphatic rings. The summed E-state index contributed by atoms with van der Waals surface area (Å²) in [6.45, 7) is 3.03. The number of nitrogens with zero attached hydrogens (tertiary/aromatic N) is 2. The monoisotopic (exact) mass is 310 g/mol. The Bertz CT molecular complexity index is 432. The van der Waals surface area contributed by atoms with E-state index < -0.39 is 5.60 Å². The number of halogens is 1. The second kappa shape index (κ2) is 4.58. The lowest BCUT2D eigenvalue weighted by atomic mass is 9.94. The highest BCUT2D eigenvalue weighted by molar-refractivity contribution is 9.10. The molecule has 2 fully saturated rings. The second-order valence-corrected chi connectivity index (χ2v) is 6.74. The van der Waals surface area contributed by atoms with Crippen LogP contribution in [0.1, 0.15) is 31.9 Å². The van der Waals surface area contributed by atoms with Crippen molar-refractivity contribution in [1.29, 1.82) is 0 Å². The number of hydrogen-bond acceptors (Lipinski definition) is 3. The van der Waals surface area contributed by atoms with Crippen molar-refractivity contribution in [1.82, 2.24) is 9.88 Å². The Morgan fingerprint density at radius 1 is 1.50 bits per heavy atom. The molecule has 1 aromatic heterocycles. The van der Waals surface area contributed by atoms with Crippen LogP contribution in [0.15, 0.2) is 22.8 Å². The molecule has 3 rings (SSSR count). The highest BCUT2D eigenvalue weighted by Gasteiger charge is 2.46. The first kappa shape index (κ1) is 12.6. The summed E-state index contributed by atoms with van der Waals surface area (Å²) < 4.78 is 0.984. The average molecular weight is 311 g/mol. The third-order valence-electron chi connectivity index (χ3n) is 4.03. The Balaban J connectivity index is 1.70. The van der Waals surface area contributed by atoms with Crippen LogP contribution in [0.25, 0.3) is 0 Å². The van der Waals surface area contributed by atoms with Crippen molar-refractivity contribution in [2.24, 2.45) is 0 Å². The minimum absolute atomic E-state index is 0.498. The lowest BCUT2D eigenvalue weighted by Crippen LogP contribution is -2.36. The molecule has 98 valence electrons. The van der Waals surface area contributed by atoms with E-state index in [0.29, 0.717) is 12.5 Å². The molecule has 2 unspecified atom stereocenters. The standard InChI is InChI=1S/C14H19BrN2O/c1-10-6-14(18,9-17(10)13-4-5-13)7-12-3-2-11(15)8-16-12/h2-3,8,10,13,18H,4-7,9H2,1H3. The second-order valence-electron chi connectivity index (χ2n) is 5.83. The fourth-order valence-electron chi connectivity index (χ4n) is 3.10. The minimum atomic E-state index is -0.594. The number of rotatable bonds is 3. The topological polar surface area (TPSA) is 36.4 Å². The molecule has 0 aromatic carbocycles. The van der Waals surface area contributed by atoms with Crippen molar-refractivity contribution in [3.05, 3.63) is 28.5 Å². The molecule has 1 aromatic rings. The summed E-state index contributed by atoms with van der Waals surface area (Å²) in [5.74, 6) is 0. The number of β-amino-alcohol motifs (C(OH)–C–C–N with tert-alkyl or cyclic N) is 1. The van der Waals surface area contributed by atoms with Crippen LogP contribution in [0.4, 0.5) is 0 Å². The highest BCUT2D eigenvalue weighted by Crippen LogP contribution is 2.38. The summed E-state index contributed by atoms with van der Waals surface area (Å²) >= 11 is 3.38. The zero-order valence-electron chi connectivity index (χ0n) is 10.6. The molecule has 1 aliphatic carbocycles. The van der Waals surface area contributed by atoms with Gasteiger partial charge in [0, 0.05) is 41.4 Å². The van der Waals surface area contributed by atoms with E-state index in [0.717, 1.165) is 29.2 Å². The third-order valence-corrected chi connectivity index (χ3v) is 4.50. The van der Waals surface area contributed by atoms with Crippen LogP contribution in [0.2, 0.25) is 0 Å². The van der Waals surface area contributed by atoms with Crippen LogP contribution in [0, 0.1) is 0 Å². The summed E-state index contributed by atoms with van der Waals surface area (Å²) in [7, 11) is 0. The van der Waals surface area contributed by atoms with E-state index in [-0.39, 0.29) is 0 Å². The maximum Gasteiger partial charge on any atom is 0.0844 e. The van der Waals surface area contributed by atoms with Crippen molar-refractivity contribution in [3.63, 3.8) is 0 Å². The summed E-state index contributed by atoms with van der Waals surface area (Å²) in [6.07, 6.45) is 5.93. The van der Waals surface area contributed by atoms with Crippen molar-refractivity contribution in [3.8, 4) is 0 Å². The number of hydrogen-bond donors (Lipinski definition) is 1. The predicted molar refractivity (Wildman–Crippen MR) is 74.4 cm³/mol. The quantitative estimate of drug-likeness (QED) is 0.931. The molecular weight excluding hydrogens is 292 g/mol. The molecule has 2 heterocycles. The first-order valence-corrected chi connectivity index (χ1v) is 7.44. The summed E-state index contributed by atoms with van der Waals surface area (Å²) in [4.78, 5) is 6.84. The van der Waals surface area contributed by atoms with Crippen LogP contribution in [0.5, 0.6) is 0 Å². The number of pyridine rings is 1. The molecule has 2 atom stereocenters. The highest BCUT2D eigenvalue weighted by atomic mass is 79.9. The zero-order valence-corrected chi connectivity index (χ0v) is 12.2. The summed E-state index contributed by atoms with van der Waals surface area (Å²) in [6, 6.07) is 5.21. The molecule has 1 saturated carbocycles. The first-order chi connectivity index (χ1) is 8.56. The Morgan fingerprint density at radius 2 is 2.28 bits per heavy atom. The summed E-state index contributed by atoms with van der Waals surface area (Å²) in [5.41, 5.74) is 0.383. The molecule has 1 N–H and O–H groups in total. The van der Waals surface area contributed by atoms with Gasteiger partial charge in [0.05, 0.1) is 5.60 Å². The van der Waals surface area contributed by atoms with Crippen LogP contribution in [-0.4, -0.2) is 39.2 Å². The normalized spacial score (nSPS) is 32.9. The van der Waals surface area contributed by atoms with Crippen molar-refractivity contribution >= 4 is 15.9 Å². The predicted octanol–water partition coefficient (Wildman–Crippen LogP) is 2.37. The van der Waals surface area contributed by atoms with Gasteiger partial charge in [0.1, 0.15) is 0 Å². The van der Waals surface area contributed by atoms with Crippen LogP contribution >= 0.6 is 15.9 Å². The third kappa shape index (κ3) is 2.60. The van der Waals surface area contributed by atoms with E-state index in [1.165, 1.54) is 12.8 Å². The van der Waals surface area contributed by atoms with Gasteiger partial charge in [-0.2, -0.15) is 0 Å². The molecule has 1 aliphatic heterocycles. The molecule has 3 nitrogen and oxygen atoms in total. The maximum absolute atomic E-state index is 10.7. The van der Waals surface area contributed by atoms with Gasteiger partial charge >= 0.3 is 0 Å². The van der Waals surface area contributed by atoms with Crippen molar-refractivity contribution < 1.29 is 5.11 Å². The van der Waals surface area contributed by atoms with Crippen LogP contribution in [-0.2, 0) is 6.42 Å². The number of aliphatic hydroxyl groups is 1. The molecule has 0 radical (unpaired) electrons. The largest absolute Gasteiger partial charge is 0.388 e. The Kier molecular flexibility index (Phi) is 3.20.